The van der Waals surface area contributed by atoms with Crippen molar-refractivity contribution in [2.45, 2.75) is 6.54 Å². The molecule has 1 heterocycles. The molecule has 0 radical (unpaired) electrons. The van der Waals surface area contributed by atoms with E-state index in [-0.39, 0.29) is 5.97 Å². The summed E-state index contributed by atoms with van der Waals surface area (Å²) in [6.07, 6.45) is 0. The van der Waals surface area contributed by atoms with Crippen LogP contribution in [0.25, 0.3) is 0 Å². The van der Waals surface area contributed by atoms with Crippen LogP contribution in [0.5, 0.6) is 0 Å². The van der Waals surface area contributed by atoms with Gasteiger partial charge in [0, 0.05) is 44.1 Å². The molecule has 0 unspecified atom stereocenters. The van der Waals surface area contributed by atoms with Crippen molar-refractivity contribution in [2.75, 3.05) is 50.6 Å². The van der Waals surface area contributed by atoms with Crippen LogP contribution in [0.15, 0.2) is 48.5 Å². The Labute approximate surface area is 149 Å². The molecule has 2 aromatic carbocycles. The zero-order chi connectivity index (χ0) is 17.6. The summed E-state index contributed by atoms with van der Waals surface area (Å²) < 4.78 is 4.98. The maximum absolute atomic E-state index is 12.2. The number of likely N-dealkylation sites (N-methyl/N-ethyl adjacent to an activating group) is 1. The van der Waals surface area contributed by atoms with Crippen molar-refractivity contribution in [3.63, 3.8) is 0 Å². The molecule has 0 atom stereocenters. The van der Waals surface area contributed by atoms with Crippen molar-refractivity contribution in [3.8, 4) is 0 Å². The molecule has 1 aliphatic rings. The molecule has 1 aliphatic heterocycles. The van der Waals surface area contributed by atoms with Gasteiger partial charge in [-0.15, -0.1) is 0 Å². The Balaban J connectivity index is 1.79. The van der Waals surface area contributed by atoms with E-state index < -0.39 is 0 Å². The molecule has 25 heavy (non-hydrogen) atoms. The molecule has 0 bridgehead atoms. The van der Waals surface area contributed by atoms with Gasteiger partial charge in [0.1, 0.15) is 0 Å². The first-order chi connectivity index (χ1) is 12.2. The number of nitrogens with one attached hydrogen (secondary N) is 1. The van der Waals surface area contributed by atoms with Gasteiger partial charge in [-0.3, -0.25) is 0 Å². The molecule has 3 rings (SSSR count). The molecule has 0 amide bonds. The summed E-state index contributed by atoms with van der Waals surface area (Å²) in [7, 11) is 3.56. The van der Waals surface area contributed by atoms with Crippen molar-refractivity contribution < 1.29 is 9.53 Å². The molecule has 132 valence electrons. The number of piperazine rings is 1. The average molecular weight is 339 g/mol. The third kappa shape index (κ3) is 4.31. The monoisotopic (exact) mass is 339 g/mol. The molecule has 1 N–H and O–H groups in total. The Hall–Kier alpha value is -2.53. The van der Waals surface area contributed by atoms with E-state index in [0.29, 0.717) is 12.1 Å². The summed E-state index contributed by atoms with van der Waals surface area (Å²) in [4.78, 5) is 16.9. The van der Waals surface area contributed by atoms with E-state index in [2.05, 4.69) is 40.4 Å². The number of hydrogen-bond acceptors (Lipinski definition) is 5. The Morgan fingerprint density at radius 1 is 1.08 bits per heavy atom. The fourth-order valence-electron chi connectivity index (χ4n) is 3.02. The zero-order valence-corrected chi connectivity index (χ0v) is 14.9. The van der Waals surface area contributed by atoms with Gasteiger partial charge < -0.3 is 19.9 Å². The number of rotatable bonds is 5. The molecule has 1 fully saturated rings. The van der Waals surface area contributed by atoms with Gasteiger partial charge in [0.05, 0.1) is 12.7 Å². The molecule has 0 aromatic heterocycles. The first-order valence-electron chi connectivity index (χ1n) is 8.61. The number of carbonyl (C=O) groups excluding carboxylic acids is 1. The number of ether oxygens (including phenoxy) is 1. The second-order valence-corrected chi connectivity index (χ2v) is 6.35. The van der Waals surface area contributed by atoms with Crippen molar-refractivity contribution in [2.24, 2.45) is 0 Å². The Morgan fingerprint density at radius 3 is 2.48 bits per heavy atom. The third-order valence-electron chi connectivity index (χ3n) is 4.60. The van der Waals surface area contributed by atoms with Crippen molar-refractivity contribution in [1.29, 1.82) is 0 Å². The summed E-state index contributed by atoms with van der Waals surface area (Å²) in [5, 5.41) is 3.35. The largest absolute Gasteiger partial charge is 0.465 e. The Morgan fingerprint density at radius 2 is 1.80 bits per heavy atom. The van der Waals surface area contributed by atoms with Crippen LogP contribution < -0.4 is 10.2 Å². The molecular weight excluding hydrogens is 314 g/mol. The van der Waals surface area contributed by atoms with E-state index in [1.165, 1.54) is 12.7 Å². The van der Waals surface area contributed by atoms with E-state index in [9.17, 15) is 4.79 Å². The minimum Gasteiger partial charge on any atom is -0.465 e. The summed E-state index contributed by atoms with van der Waals surface area (Å²) in [6, 6.07) is 16.1. The van der Waals surface area contributed by atoms with E-state index in [0.717, 1.165) is 37.6 Å². The van der Waals surface area contributed by atoms with Gasteiger partial charge in [0.25, 0.3) is 0 Å². The van der Waals surface area contributed by atoms with Gasteiger partial charge in [-0.1, -0.05) is 30.3 Å². The van der Waals surface area contributed by atoms with Crippen LogP contribution in [-0.4, -0.2) is 51.2 Å². The maximum atomic E-state index is 12.2. The van der Waals surface area contributed by atoms with Crippen LogP contribution in [0.4, 0.5) is 11.4 Å². The normalized spacial score (nSPS) is 15.0. The van der Waals surface area contributed by atoms with Crippen LogP contribution in [-0.2, 0) is 11.3 Å². The minimum absolute atomic E-state index is 0.313. The van der Waals surface area contributed by atoms with Crippen molar-refractivity contribution in [3.05, 3.63) is 59.7 Å². The average Bonchev–Trinajstić information content (AvgIpc) is 2.67. The van der Waals surface area contributed by atoms with Crippen molar-refractivity contribution in [1.82, 2.24) is 4.90 Å². The van der Waals surface area contributed by atoms with Gasteiger partial charge in [0.2, 0.25) is 0 Å². The van der Waals surface area contributed by atoms with E-state index in [4.69, 9.17) is 4.74 Å². The molecule has 5 nitrogen and oxygen atoms in total. The first-order valence-corrected chi connectivity index (χ1v) is 8.61. The highest BCUT2D eigenvalue weighted by Crippen LogP contribution is 2.25. The highest BCUT2D eigenvalue weighted by atomic mass is 16.5. The molecule has 2 aromatic rings. The number of hydrogen-bond donors (Lipinski definition) is 1. The molecule has 0 aliphatic carbocycles. The fraction of sp³-hybridized carbons (Fsp3) is 0.350. The van der Waals surface area contributed by atoms with Crippen LogP contribution in [0.2, 0.25) is 0 Å². The maximum Gasteiger partial charge on any atom is 0.340 e. The number of anilines is 2. The van der Waals surface area contributed by atoms with Crippen LogP contribution in [0.1, 0.15) is 15.9 Å². The van der Waals surface area contributed by atoms with Gasteiger partial charge >= 0.3 is 5.97 Å². The second kappa shape index (κ2) is 8.03. The quantitative estimate of drug-likeness (QED) is 0.849. The van der Waals surface area contributed by atoms with Crippen LogP contribution in [0, 0.1) is 0 Å². The molecule has 0 saturated carbocycles. The first kappa shape index (κ1) is 17.3. The predicted molar refractivity (Wildman–Crippen MR) is 101 cm³/mol. The molecule has 0 spiro atoms. The lowest BCUT2D eigenvalue weighted by Crippen LogP contribution is -2.44. The van der Waals surface area contributed by atoms with Crippen LogP contribution >= 0.6 is 0 Å². The van der Waals surface area contributed by atoms with E-state index >= 15 is 0 Å². The minimum atomic E-state index is -0.313. The summed E-state index contributed by atoms with van der Waals surface area (Å²) in [6.45, 7) is 4.66. The number of methoxy groups -OCH3 is 1. The zero-order valence-electron chi connectivity index (χ0n) is 14.9. The number of nitrogens with zero attached hydrogens (tertiary/aromatic N) is 2. The SMILES string of the molecule is COC(=O)c1cc(N2CCN(C)CC2)ccc1NCc1ccccc1. The van der Waals surface area contributed by atoms with Gasteiger partial charge in [-0.05, 0) is 30.8 Å². The molecular formula is C20H25N3O2. The van der Waals surface area contributed by atoms with E-state index in [1.807, 2.05) is 30.3 Å². The Bertz CT molecular complexity index is 710. The van der Waals surface area contributed by atoms with Gasteiger partial charge in [-0.2, -0.15) is 0 Å². The van der Waals surface area contributed by atoms with Gasteiger partial charge in [0.15, 0.2) is 0 Å². The topological polar surface area (TPSA) is 44.8 Å². The lowest BCUT2D eigenvalue weighted by atomic mass is 10.1. The standard InChI is InChI=1S/C20H25N3O2/c1-22-10-12-23(13-11-22)17-8-9-19(18(14-17)20(24)25-2)21-15-16-6-4-3-5-7-16/h3-9,14,21H,10-13,15H2,1-2H3. The highest BCUT2D eigenvalue weighted by molar-refractivity contribution is 5.96. The number of esters is 1. The smallest absolute Gasteiger partial charge is 0.340 e. The summed E-state index contributed by atoms with van der Waals surface area (Å²) >= 11 is 0. The van der Waals surface area contributed by atoms with E-state index in [1.54, 1.807) is 0 Å². The Kier molecular flexibility index (Phi) is 5.56. The van der Waals surface area contributed by atoms with Crippen molar-refractivity contribution >= 4 is 17.3 Å². The highest BCUT2D eigenvalue weighted by Gasteiger charge is 2.18. The number of benzene rings is 2. The molecule has 5 heteroatoms. The lowest BCUT2D eigenvalue weighted by molar-refractivity contribution is 0.0602. The van der Waals surface area contributed by atoms with Crippen LogP contribution in [0.3, 0.4) is 0 Å². The summed E-state index contributed by atoms with van der Waals surface area (Å²) in [5.41, 5.74) is 3.61. The summed E-state index contributed by atoms with van der Waals surface area (Å²) in [5.74, 6) is -0.313. The second-order valence-electron chi connectivity index (χ2n) is 6.35. The number of carbonyl (C=O) groups is 1. The van der Waals surface area contributed by atoms with Gasteiger partial charge in [-0.25, -0.2) is 4.79 Å². The lowest BCUT2D eigenvalue weighted by Gasteiger charge is -2.34. The fourth-order valence-corrected chi connectivity index (χ4v) is 3.02. The predicted octanol–water partition coefficient (Wildman–Crippen LogP) is 2.84. The third-order valence-corrected chi connectivity index (χ3v) is 4.60. The molecule has 1 saturated heterocycles.